The lowest BCUT2D eigenvalue weighted by Crippen LogP contribution is -2.50. The number of carbonyl (C=O) groups is 2. The molecule has 4 nitrogen and oxygen atoms in total. The zero-order valence-electron chi connectivity index (χ0n) is 12.6. The van der Waals surface area contributed by atoms with E-state index in [-0.39, 0.29) is 17.4 Å². The van der Waals surface area contributed by atoms with Crippen LogP contribution in [-0.4, -0.2) is 23.4 Å². The number of hydrogen-bond acceptors (Lipinski definition) is 3. The highest BCUT2D eigenvalue weighted by atomic mass is 32.1. The van der Waals surface area contributed by atoms with Gasteiger partial charge in [-0.3, -0.25) is 9.59 Å². The first-order valence-corrected chi connectivity index (χ1v) is 6.97. The van der Waals surface area contributed by atoms with Crippen molar-refractivity contribution in [3.05, 3.63) is 29.3 Å². The third-order valence-electron chi connectivity index (χ3n) is 2.70. The van der Waals surface area contributed by atoms with Gasteiger partial charge in [0.1, 0.15) is 6.04 Å². The van der Waals surface area contributed by atoms with E-state index in [1.54, 1.807) is 13.0 Å². The molecule has 2 N–H and O–H groups in total. The second-order valence-corrected chi connectivity index (χ2v) is 6.45. The number of hydrogen-bond donors (Lipinski definition) is 3. The summed E-state index contributed by atoms with van der Waals surface area (Å²) in [5.74, 6) is -0.472. The smallest absolute Gasteiger partial charge is 0.252 e. The monoisotopic (exact) mass is 294 g/mol. The quantitative estimate of drug-likeness (QED) is 0.749. The number of carbonyl (C=O) groups excluding carboxylic acids is 2. The lowest BCUT2D eigenvalue weighted by atomic mass is 10.1. The van der Waals surface area contributed by atoms with E-state index in [1.165, 1.54) is 0 Å². The molecule has 0 fully saturated rings. The van der Waals surface area contributed by atoms with Crippen molar-refractivity contribution in [3.8, 4) is 0 Å². The topological polar surface area (TPSA) is 58.2 Å². The molecule has 0 aliphatic rings. The van der Waals surface area contributed by atoms with Crippen LogP contribution < -0.4 is 10.6 Å². The lowest BCUT2D eigenvalue weighted by Gasteiger charge is -2.23. The van der Waals surface area contributed by atoms with Crippen molar-refractivity contribution >= 4 is 24.4 Å². The minimum absolute atomic E-state index is 0.203. The molecule has 5 heteroatoms. The number of thiol groups is 1. The fourth-order valence-electron chi connectivity index (χ4n) is 1.67. The molecule has 1 rings (SSSR count). The average Bonchev–Trinajstić information content (AvgIpc) is 2.29. The average molecular weight is 294 g/mol. The van der Waals surface area contributed by atoms with Crippen molar-refractivity contribution in [2.75, 3.05) is 0 Å². The number of benzene rings is 1. The number of amides is 2. The van der Waals surface area contributed by atoms with Crippen LogP contribution >= 0.6 is 12.6 Å². The van der Waals surface area contributed by atoms with Gasteiger partial charge in [-0.15, -0.1) is 12.6 Å². The van der Waals surface area contributed by atoms with Crippen LogP contribution in [0.3, 0.4) is 0 Å². The molecule has 1 aromatic rings. The summed E-state index contributed by atoms with van der Waals surface area (Å²) >= 11 is 4.22. The van der Waals surface area contributed by atoms with Gasteiger partial charge in [0.05, 0.1) is 0 Å². The maximum absolute atomic E-state index is 12.2. The molecule has 0 saturated heterocycles. The summed E-state index contributed by atoms with van der Waals surface area (Å²) in [5, 5.41) is 5.53. The third-order valence-corrected chi connectivity index (χ3v) is 2.98. The van der Waals surface area contributed by atoms with Crippen molar-refractivity contribution in [2.24, 2.45) is 0 Å². The summed E-state index contributed by atoms with van der Waals surface area (Å²) in [6, 6.07) is 4.76. The molecule has 1 atom stereocenters. The van der Waals surface area contributed by atoms with E-state index in [0.717, 1.165) is 5.56 Å². The zero-order valence-corrected chi connectivity index (χ0v) is 13.5. The Balaban J connectivity index is 2.75. The predicted molar refractivity (Wildman–Crippen MR) is 83.3 cm³/mol. The first-order chi connectivity index (χ1) is 9.10. The van der Waals surface area contributed by atoms with Crippen molar-refractivity contribution < 1.29 is 9.59 Å². The van der Waals surface area contributed by atoms with E-state index in [2.05, 4.69) is 23.3 Å². The van der Waals surface area contributed by atoms with Crippen molar-refractivity contribution in [1.29, 1.82) is 0 Å². The van der Waals surface area contributed by atoms with Crippen molar-refractivity contribution in [2.45, 2.75) is 51.1 Å². The van der Waals surface area contributed by atoms with Crippen LogP contribution in [0.2, 0.25) is 0 Å². The minimum atomic E-state index is -0.593. The Bertz CT molecular complexity index is 521. The fraction of sp³-hybridized carbons (Fsp3) is 0.467. The van der Waals surface area contributed by atoms with Crippen molar-refractivity contribution in [3.63, 3.8) is 0 Å². The first-order valence-electron chi connectivity index (χ1n) is 6.52. The fourth-order valence-corrected chi connectivity index (χ4v) is 1.88. The Kier molecular flexibility index (Phi) is 5.22. The van der Waals surface area contributed by atoms with E-state index in [9.17, 15) is 9.59 Å². The molecule has 0 aliphatic heterocycles. The highest BCUT2D eigenvalue weighted by Crippen LogP contribution is 2.14. The molecule has 2 amide bonds. The molecule has 1 unspecified atom stereocenters. The Hall–Kier alpha value is -1.49. The van der Waals surface area contributed by atoms with Gasteiger partial charge in [-0.05, 0) is 52.3 Å². The van der Waals surface area contributed by atoms with Crippen LogP contribution in [0.4, 0.5) is 0 Å². The largest absolute Gasteiger partial charge is 0.350 e. The molecule has 0 radical (unpaired) electrons. The molecule has 0 bridgehead atoms. The van der Waals surface area contributed by atoms with Crippen LogP contribution in [0.15, 0.2) is 23.1 Å². The van der Waals surface area contributed by atoms with Gasteiger partial charge in [0.25, 0.3) is 5.91 Å². The summed E-state index contributed by atoms with van der Waals surface area (Å²) in [5.41, 5.74) is 1.06. The van der Waals surface area contributed by atoms with Gasteiger partial charge in [0, 0.05) is 16.0 Å². The molecular weight excluding hydrogens is 272 g/mol. The highest BCUT2D eigenvalue weighted by Gasteiger charge is 2.21. The molecule has 0 aromatic heterocycles. The van der Waals surface area contributed by atoms with Crippen LogP contribution in [0.5, 0.6) is 0 Å². The van der Waals surface area contributed by atoms with Gasteiger partial charge in [0.15, 0.2) is 0 Å². The van der Waals surface area contributed by atoms with E-state index in [4.69, 9.17) is 0 Å². The van der Waals surface area contributed by atoms with Gasteiger partial charge in [-0.2, -0.15) is 0 Å². The van der Waals surface area contributed by atoms with E-state index < -0.39 is 6.04 Å². The number of rotatable bonds is 3. The van der Waals surface area contributed by atoms with Gasteiger partial charge in [0.2, 0.25) is 5.91 Å². The molecule has 0 aliphatic carbocycles. The molecule has 110 valence electrons. The summed E-state index contributed by atoms with van der Waals surface area (Å²) in [7, 11) is 0. The zero-order chi connectivity index (χ0) is 15.5. The summed E-state index contributed by atoms with van der Waals surface area (Å²) in [4.78, 5) is 24.8. The molecule has 0 saturated carbocycles. The normalized spacial score (nSPS) is 12.7. The number of nitrogens with one attached hydrogen (secondary N) is 2. The third kappa shape index (κ3) is 4.89. The molecular formula is C15H22N2O2S. The lowest BCUT2D eigenvalue weighted by molar-refractivity contribution is -0.124. The SMILES string of the molecule is Cc1ccc(S)cc1C(=O)NC(C)C(=O)NC(C)(C)C. The Morgan fingerprint density at radius 2 is 1.85 bits per heavy atom. The van der Waals surface area contributed by atoms with Crippen LogP contribution in [-0.2, 0) is 4.79 Å². The second kappa shape index (κ2) is 6.31. The summed E-state index contributed by atoms with van der Waals surface area (Å²) in [6.45, 7) is 9.21. The molecule has 1 aromatic carbocycles. The van der Waals surface area contributed by atoms with Gasteiger partial charge < -0.3 is 10.6 Å². The van der Waals surface area contributed by atoms with Gasteiger partial charge >= 0.3 is 0 Å². The number of aryl methyl sites for hydroxylation is 1. The second-order valence-electron chi connectivity index (χ2n) is 5.93. The van der Waals surface area contributed by atoms with Crippen molar-refractivity contribution in [1.82, 2.24) is 10.6 Å². The minimum Gasteiger partial charge on any atom is -0.350 e. The van der Waals surface area contributed by atoms with E-state index in [1.807, 2.05) is 39.8 Å². The van der Waals surface area contributed by atoms with Gasteiger partial charge in [-0.1, -0.05) is 6.07 Å². The predicted octanol–water partition coefficient (Wildman–Crippen LogP) is 2.32. The maximum Gasteiger partial charge on any atom is 0.252 e. The first kappa shape index (κ1) is 16.6. The summed E-state index contributed by atoms with van der Waals surface area (Å²) < 4.78 is 0. The Labute approximate surface area is 125 Å². The van der Waals surface area contributed by atoms with E-state index >= 15 is 0 Å². The van der Waals surface area contributed by atoms with Gasteiger partial charge in [-0.25, -0.2) is 0 Å². The van der Waals surface area contributed by atoms with E-state index in [0.29, 0.717) is 10.5 Å². The molecule has 0 heterocycles. The summed E-state index contributed by atoms with van der Waals surface area (Å²) in [6.07, 6.45) is 0. The van der Waals surface area contributed by atoms with Crippen LogP contribution in [0, 0.1) is 6.92 Å². The molecule has 20 heavy (non-hydrogen) atoms. The van der Waals surface area contributed by atoms with Crippen LogP contribution in [0.1, 0.15) is 43.6 Å². The van der Waals surface area contributed by atoms with Crippen LogP contribution in [0.25, 0.3) is 0 Å². The maximum atomic E-state index is 12.2. The Morgan fingerprint density at radius 1 is 1.25 bits per heavy atom. The standard InChI is InChI=1S/C15H22N2O2S/c1-9-6-7-11(20)8-12(9)14(19)16-10(2)13(18)17-15(3,4)5/h6-8,10,20H,1-5H3,(H,16,19)(H,17,18). The molecule has 0 spiro atoms. The highest BCUT2D eigenvalue weighted by molar-refractivity contribution is 7.80. The Morgan fingerprint density at radius 3 is 2.40 bits per heavy atom.